The summed E-state index contributed by atoms with van der Waals surface area (Å²) in [6.45, 7) is 8.22. The largest absolute Gasteiger partial charge is 0.368 e. The van der Waals surface area contributed by atoms with Gasteiger partial charge in [-0.3, -0.25) is 14.3 Å². The average molecular weight is 372 g/mol. The molecule has 8 heteroatoms. The Morgan fingerprint density at radius 3 is 2.81 bits per heavy atom. The van der Waals surface area contributed by atoms with Crippen LogP contribution in [-0.4, -0.2) is 49.1 Å². The normalized spacial score (nSPS) is 17.5. The zero-order valence-electron chi connectivity index (χ0n) is 16.3. The highest BCUT2D eigenvalue weighted by Gasteiger charge is 2.30. The van der Waals surface area contributed by atoms with Crippen molar-refractivity contribution in [2.45, 2.75) is 58.5 Å². The first-order chi connectivity index (χ1) is 12.9. The molecule has 3 heterocycles. The van der Waals surface area contributed by atoms with Crippen LogP contribution < -0.4 is 5.73 Å². The summed E-state index contributed by atoms with van der Waals surface area (Å²) >= 11 is 0. The van der Waals surface area contributed by atoms with Crippen LogP contribution in [0.25, 0.3) is 0 Å². The van der Waals surface area contributed by atoms with Crippen molar-refractivity contribution in [2.24, 2.45) is 5.73 Å². The zero-order valence-corrected chi connectivity index (χ0v) is 16.3. The number of piperidine rings is 1. The number of primary amides is 1. The third-order valence-corrected chi connectivity index (χ3v) is 5.06. The van der Waals surface area contributed by atoms with E-state index >= 15 is 0 Å². The van der Waals surface area contributed by atoms with E-state index in [1.807, 2.05) is 17.9 Å². The second-order valence-corrected chi connectivity index (χ2v) is 7.39. The fourth-order valence-corrected chi connectivity index (χ4v) is 3.65. The van der Waals surface area contributed by atoms with E-state index in [1.165, 1.54) is 0 Å². The van der Waals surface area contributed by atoms with Crippen LogP contribution in [-0.2, 0) is 17.9 Å². The Morgan fingerprint density at radius 1 is 1.37 bits per heavy atom. The topological polar surface area (TPSA) is 99.0 Å². The van der Waals surface area contributed by atoms with E-state index in [2.05, 4.69) is 23.9 Å². The van der Waals surface area contributed by atoms with Gasteiger partial charge in [0.05, 0.1) is 5.69 Å². The lowest BCUT2D eigenvalue weighted by molar-refractivity contribution is -0.118. The first-order valence-corrected chi connectivity index (χ1v) is 9.57. The Labute approximate surface area is 159 Å². The lowest BCUT2D eigenvalue weighted by atomic mass is 9.96. The number of aromatic nitrogens is 4. The summed E-state index contributed by atoms with van der Waals surface area (Å²) in [5.74, 6) is 0.803. The summed E-state index contributed by atoms with van der Waals surface area (Å²) in [6, 6.07) is 1.91. The van der Waals surface area contributed by atoms with Gasteiger partial charge in [-0.15, -0.1) is 0 Å². The van der Waals surface area contributed by atoms with Gasteiger partial charge in [-0.25, -0.2) is 4.98 Å². The number of hydrogen-bond acceptors (Lipinski definition) is 4. The number of hydrogen-bond donors (Lipinski definition) is 1. The van der Waals surface area contributed by atoms with Gasteiger partial charge in [0.15, 0.2) is 0 Å². The summed E-state index contributed by atoms with van der Waals surface area (Å²) in [7, 11) is 0. The van der Waals surface area contributed by atoms with Gasteiger partial charge >= 0.3 is 0 Å². The van der Waals surface area contributed by atoms with E-state index in [1.54, 1.807) is 21.6 Å². The molecule has 0 spiro atoms. The van der Waals surface area contributed by atoms with Crippen molar-refractivity contribution in [3.63, 3.8) is 0 Å². The maximum absolute atomic E-state index is 13.2. The SMILES string of the molecule is CCn1nc(C(C)C)cc1C(=O)N1CCC[C@@H](c2nccn2CC(N)=O)C1. The molecule has 1 fully saturated rings. The van der Waals surface area contributed by atoms with E-state index in [0.717, 1.165) is 30.9 Å². The number of nitrogens with two attached hydrogens (primary N) is 1. The molecule has 27 heavy (non-hydrogen) atoms. The highest BCUT2D eigenvalue weighted by Crippen LogP contribution is 2.27. The molecule has 0 aliphatic carbocycles. The summed E-state index contributed by atoms with van der Waals surface area (Å²) in [5, 5.41) is 4.56. The molecule has 8 nitrogen and oxygen atoms in total. The monoisotopic (exact) mass is 372 g/mol. The van der Waals surface area contributed by atoms with Crippen LogP contribution >= 0.6 is 0 Å². The number of nitrogens with zero attached hydrogens (tertiary/aromatic N) is 5. The number of carbonyl (C=O) groups is 2. The van der Waals surface area contributed by atoms with Crippen molar-refractivity contribution >= 4 is 11.8 Å². The van der Waals surface area contributed by atoms with E-state index in [4.69, 9.17) is 5.73 Å². The van der Waals surface area contributed by atoms with Crippen LogP contribution in [0.3, 0.4) is 0 Å². The maximum atomic E-state index is 13.2. The summed E-state index contributed by atoms with van der Waals surface area (Å²) < 4.78 is 3.57. The molecule has 1 saturated heterocycles. The average Bonchev–Trinajstić information content (AvgIpc) is 3.27. The minimum Gasteiger partial charge on any atom is -0.368 e. The van der Waals surface area contributed by atoms with Crippen LogP contribution in [0.4, 0.5) is 0 Å². The molecule has 1 atom stereocenters. The first-order valence-electron chi connectivity index (χ1n) is 9.57. The van der Waals surface area contributed by atoms with Gasteiger partial charge in [-0.1, -0.05) is 13.8 Å². The van der Waals surface area contributed by atoms with Crippen molar-refractivity contribution in [2.75, 3.05) is 13.1 Å². The van der Waals surface area contributed by atoms with Crippen molar-refractivity contribution in [3.05, 3.63) is 35.7 Å². The van der Waals surface area contributed by atoms with E-state index in [-0.39, 0.29) is 24.3 Å². The number of amides is 2. The Kier molecular flexibility index (Phi) is 5.62. The molecule has 0 aromatic carbocycles. The number of imidazole rings is 1. The predicted molar refractivity (Wildman–Crippen MR) is 101 cm³/mol. The van der Waals surface area contributed by atoms with Crippen molar-refractivity contribution in [3.8, 4) is 0 Å². The molecule has 0 unspecified atom stereocenters. The highest BCUT2D eigenvalue weighted by molar-refractivity contribution is 5.93. The van der Waals surface area contributed by atoms with Crippen LogP contribution in [0, 0.1) is 0 Å². The molecule has 2 amide bonds. The smallest absolute Gasteiger partial charge is 0.272 e. The number of carbonyl (C=O) groups excluding carboxylic acids is 2. The first kappa shape index (κ1) is 19.1. The summed E-state index contributed by atoms with van der Waals surface area (Å²) in [4.78, 5) is 30.7. The fourth-order valence-electron chi connectivity index (χ4n) is 3.65. The Morgan fingerprint density at radius 2 is 2.15 bits per heavy atom. The molecule has 0 saturated carbocycles. The minimum absolute atomic E-state index is 0.00829. The Hall–Kier alpha value is -2.64. The van der Waals surface area contributed by atoms with Gasteiger partial charge in [0.25, 0.3) is 5.91 Å². The fraction of sp³-hybridized carbons (Fsp3) is 0.579. The standard InChI is InChI=1S/C19H28N6O2/c1-4-25-16(10-15(22-25)13(2)3)19(27)24-8-5-6-14(11-24)18-21-7-9-23(18)12-17(20)26/h7,9-10,13-14H,4-6,8,11-12H2,1-3H3,(H2,20,26)/t14-/m1/s1. The lowest BCUT2D eigenvalue weighted by Gasteiger charge is -2.32. The predicted octanol–water partition coefficient (Wildman–Crippen LogP) is 1.73. The minimum atomic E-state index is -0.397. The molecule has 1 aliphatic heterocycles. The maximum Gasteiger partial charge on any atom is 0.272 e. The molecule has 0 radical (unpaired) electrons. The quantitative estimate of drug-likeness (QED) is 0.835. The van der Waals surface area contributed by atoms with E-state index in [9.17, 15) is 9.59 Å². The lowest BCUT2D eigenvalue weighted by Crippen LogP contribution is -2.40. The molecular formula is C19H28N6O2. The van der Waals surface area contributed by atoms with Crippen LogP contribution in [0.1, 0.15) is 67.5 Å². The second kappa shape index (κ2) is 7.94. The summed E-state index contributed by atoms with van der Waals surface area (Å²) in [6.07, 6.45) is 5.28. The number of rotatable bonds is 6. The van der Waals surface area contributed by atoms with Crippen LogP contribution in [0.15, 0.2) is 18.5 Å². The number of likely N-dealkylation sites (tertiary alicyclic amines) is 1. The molecule has 3 rings (SSSR count). The van der Waals surface area contributed by atoms with E-state index in [0.29, 0.717) is 18.8 Å². The highest BCUT2D eigenvalue weighted by atomic mass is 16.2. The second-order valence-electron chi connectivity index (χ2n) is 7.39. The zero-order chi connectivity index (χ0) is 19.6. The van der Waals surface area contributed by atoms with Crippen LogP contribution in [0.2, 0.25) is 0 Å². The Balaban J connectivity index is 1.79. The third kappa shape index (κ3) is 4.04. The molecular weight excluding hydrogens is 344 g/mol. The number of aryl methyl sites for hydroxylation is 1. The molecule has 146 valence electrons. The molecule has 2 N–H and O–H groups in total. The van der Waals surface area contributed by atoms with Crippen molar-refractivity contribution in [1.29, 1.82) is 0 Å². The van der Waals surface area contributed by atoms with Gasteiger partial charge in [-0.2, -0.15) is 5.10 Å². The van der Waals surface area contributed by atoms with Crippen molar-refractivity contribution in [1.82, 2.24) is 24.2 Å². The van der Waals surface area contributed by atoms with Gasteiger partial charge < -0.3 is 15.2 Å². The molecule has 1 aliphatic rings. The van der Waals surface area contributed by atoms with Gasteiger partial charge in [0.1, 0.15) is 18.1 Å². The van der Waals surface area contributed by atoms with Gasteiger partial charge in [0.2, 0.25) is 5.91 Å². The van der Waals surface area contributed by atoms with Gasteiger partial charge in [0, 0.05) is 37.9 Å². The van der Waals surface area contributed by atoms with Crippen molar-refractivity contribution < 1.29 is 9.59 Å². The third-order valence-electron chi connectivity index (χ3n) is 5.06. The molecule has 2 aromatic rings. The Bertz CT molecular complexity index is 822. The molecule has 0 bridgehead atoms. The summed E-state index contributed by atoms with van der Waals surface area (Å²) in [5.41, 5.74) is 6.91. The van der Waals surface area contributed by atoms with E-state index < -0.39 is 5.91 Å². The van der Waals surface area contributed by atoms with Gasteiger partial charge in [-0.05, 0) is 31.7 Å². The molecule has 2 aromatic heterocycles. The van der Waals surface area contributed by atoms with Crippen LogP contribution in [0.5, 0.6) is 0 Å².